The van der Waals surface area contributed by atoms with Crippen LogP contribution in [0.2, 0.25) is 0 Å². The maximum atomic E-state index is 12.4. The second kappa shape index (κ2) is 9.90. The van der Waals surface area contributed by atoms with E-state index >= 15 is 0 Å². The second-order valence-electron chi connectivity index (χ2n) is 7.56. The molecule has 7 heteroatoms. The fraction of sp³-hybridized carbons (Fsp3) is 0.348. The lowest BCUT2D eigenvalue weighted by Crippen LogP contribution is -2.40. The number of hydrogen-bond donors (Lipinski definition) is 2. The smallest absolute Gasteiger partial charge is 0.265 e. The van der Waals surface area contributed by atoms with E-state index in [1.54, 1.807) is 31.2 Å². The molecule has 0 radical (unpaired) electrons. The van der Waals surface area contributed by atoms with Gasteiger partial charge in [0.2, 0.25) is 5.91 Å². The number of nitrogens with two attached hydrogens (primary N) is 1. The molecule has 0 spiro atoms. The summed E-state index contributed by atoms with van der Waals surface area (Å²) >= 11 is 0. The lowest BCUT2D eigenvalue weighted by atomic mass is 9.97. The predicted octanol–water partition coefficient (Wildman–Crippen LogP) is 2.66. The lowest BCUT2D eigenvalue weighted by Gasteiger charge is -2.31. The summed E-state index contributed by atoms with van der Waals surface area (Å²) in [5.41, 5.74) is 7.78. The maximum Gasteiger partial charge on any atom is 0.265 e. The normalized spacial score (nSPS) is 17.5. The van der Waals surface area contributed by atoms with Crippen LogP contribution in [-0.4, -0.2) is 35.9 Å². The first-order chi connectivity index (χ1) is 14.4. The van der Waals surface area contributed by atoms with Crippen LogP contribution >= 0.6 is 0 Å². The molecular weight excluding hydrogens is 380 g/mol. The van der Waals surface area contributed by atoms with Crippen molar-refractivity contribution >= 4 is 17.5 Å². The quantitative estimate of drug-likeness (QED) is 0.735. The summed E-state index contributed by atoms with van der Waals surface area (Å²) in [4.78, 5) is 26.1. The molecule has 1 aliphatic heterocycles. The van der Waals surface area contributed by atoms with Gasteiger partial charge >= 0.3 is 0 Å². The zero-order valence-electron chi connectivity index (χ0n) is 17.0. The number of anilines is 1. The van der Waals surface area contributed by atoms with Gasteiger partial charge in [-0.2, -0.15) is 5.26 Å². The first kappa shape index (κ1) is 21.3. The summed E-state index contributed by atoms with van der Waals surface area (Å²) in [6, 6.07) is 16.3. The predicted molar refractivity (Wildman–Crippen MR) is 114 cm³/mol. The van der Waals surface area contributed by atoms with E-state index in [1.807, 2.05) is 30.3 Å². The van der Waals surface area contributed by atoms with Crippen LogP contribution in [0.15, 0.2) is 48.5 Å². The Kier molecular flexibility index (Phi) is 7.04. The molecule has 0 saturated carbocycles. The van der Waals surface area contributed by atoms with E-state index in [0.717, 1.165) is 31.5 Å². The van der Waals surface area contributed by atoms with E-state index in [0.29, 0.717) is 23.5 Å². The van der Waals surface area contributed by atoms with Crippen LogP contribution in [0.1, 0.15) is 30.9 Å². The van der Waals surface area contributed by atoms with Gasteiger partial charge in [0.25, 0.3) is 5.91 Å². The molecule has 1 aliphatic rings. The number of carbonyl (C=O) groups excluding carboxylic acids is 2. The molecule has 3 N–H and O–H groups in total. The molecule has 2 unspecified atom stereocenters. The molecule has 2 atom stereocenters. The number of benzene rings is 2. The molecule has 1 heterocycles. The number of carbonyl (C=O) groups is 2. The Hall–Kier alpha value is -3.37. The zero-order valence-corrected chi connectivity index (χ0v) is 17.0. The molecule has 1 saturated heterocycles. The molecule has 0 aliphatic carbocycles. The van der Waals surface area contributed by atoms with Gasteiger partial charge in [-0.05, 0) is 68.3 Å². The fourth-order valence-corrected chi connectivity index (χ4v) is 3.49. The maximum absolute atomic E-state index is 12.4. The number of nitriles is 1. The molecule has 156 valence electrons. The Balaban J connectivity index is 1.51. The van der Waals surface area contributed by atoms with Crippen LogP contribution in [-0.2, 0) is 16.1 Å². The van der Waals surface area contributed by atoms with E-state index in [4.69, 9.17) is 15.7 Å². The minimum absolute atomic E-state index is 0.0742. The van der Waals surface area contributed by atoms with Gasteiger partial charge in [0.1, 0.15) is 5.75 Å². The molecule has 2 amide bonds. The number of piperidine rings is 1. The van der Waals surface area contributed by atoms with Gasteiger partial charge in [-0.1, -0.05) is 12.1 Å². The van der Waals surface area contributed by atoms with Crippen molar-refractivity contribution in [3.8, 4) is 11.8 Å². The molecule has 30 heavy (non-hydrogen) atoms. The SMILES string of the molecule is CC(Oc1ccc(C#N)cc1)C(=O)Nc1ccc(CN2CCCC(C(N)=O)C2)cc1. The van der Waals surface area contributed by atoms with Crippen LogP contribution in [0.5, 0.6) is 5.75 Å². The Morgan fingerprint density at radius 2 is 1.93 bits per heavy atom. The summed E-state index contributed by atoms with van der Waals surface area (Å²) < 4.78 is 5.64. The number of nitrogens with zero attached hydrogens (tertiary/aromatic N) is 2. The lowest BCUT2D eigenvalue weighted by molar-refractivity contribution is -0.123. The molecule has 0 bridgehead atoms. The van der Waals surface area contributed by atoms with E-state index in [-0.39, 0.29) is 17.7 Å². The first-order valence-corrected chi connectivity index (χ1v) is 10.0. The standard InChI is InChI=1S/C23H26N4O3/c1-16(30-21-10-6-17(13-24)7-11-21)23(29)26-20-8-4-18(5-9-20)14-27-12-2-3-19(15-27)22(25)28/h4-11,16,19H,2-3,12,14-15H2,1H3,(H2,25,28)(H,26,29). The highest BCUT2D eigenvalue weighted by Gasteiger charge is 2.23. The van der Waals surface area contributed by atoms with E-state index in [1.165, 1.54) is 0 Å². The largest absolute Gasteiger partial charge is 0.481 e. The number of primary amides is 1. The molecule has 2 aromatic rings. The number of amides is 2. The third-order valence-corrected chi connectivity index (χ3v) is 5.20. The number of likely N-dealkylation sites (tertiary alicyclic amines) is 1. The highest BCUT2D eigenvalue weighted by molar-refractivity contribution is 5.94. The van der Waals surface area contributed by atoms with Crippen molar-refractivity contribution in [3.05, 3.63) is 59.7 Å². The van der Waals surface area contributed by atoms with Crippen LogP contribution in [0.25, 0.3) is 0 Å². The number of hydrogen-bond acceptors (Lipinski definition) is 5. The van der Waals surface area contributed by atoms with E-state index in [2.05, 4.69) is 10.2 Å². The average molecular weight is 406 g/mol. The van der Waals surface area contributed by atoms with E-state index < -0.39 is 6.10 Å². The monoisotopic (exact) mass is 406 g/mol. The van der Waals surface area contributed by atoms with Crippen molar-refractivity contribution in [1.82, 2.24) is 4.90 Å². The Morgan fingerprint density at radius 3 is 2.57 bits per heavy atom. The molecular formula is C23H26N4O3. The Labute approximate surface area is 176 Å². The van der Waals surface area contributed by atoms with Gasteiger partial charge in [-0.25, -0.2) is 0 Å². The molecule has 7 nitrogen and oxygen atoms in total. The number of nitrogens with one attached hydrogen (secondary N) is 1. The van der Waals surface area contributed by atoms with Gasteiger partial charge in [-0.15, -0.1) is 0 Å². The minimum Gasteiger partial charge on any atom is -0.481 e. The van der Waals surface area contributed by atoms with Gasteiger partial charge in [-0.3, -0.25) is 14.5 Å². The molecule has 1 fully saturated rings. The minimum atomic E-state index is -0.684. The topological polar surface area (TPSA) is 108 Å². The average Bonchev–Trinajstić information content (AvgIpc) is 2.75. The van der Waals surface area contributed by atoms with Crippen molar-refractivity contribution < 1.29 is 14.3 Å². The number of rotatable bonds is 7. The Bertz CT molecular complexity index is 919. The van der Waals surface area contributed by atoms with Gasteiger partial charge in [0, 0.05) is 18.8 Å². The molecule has 3 rings (SSSR count). The van der Waals surface area contributed by atoms with Crippen LogP contribution in [0.4, 0.5) is 5.69 Å². The fourth-order valence-electron chi connectivity index (χ4n) is 3.49. The first-order valence-electron chi connectivity index (χ1n) is 10.0. The van der Waals surface area contributed by atoms with Crippen molar-refractivity contribution in [2.45, 2.75) is 32.4 Å². The van der Waals surface area contributed by atoms with Crippen LogP contribution in [0.3, 0.4) is 0 Å². The third-order valence-electron chi connectivity index (χ3n) is 5.20. The molecule has 2 aromatic carbocycles. The van der Waals surface area contributed by atoms with Crippen molar-refractivity contribution in [2.24, 2.45) is 11.7 Å². The third kappa shape index (κ3) is 5.82. The summed E-state index contributed by atoms with van der Waals surface area (Å²) in [5, 5.41) is 11.7. The number of ether oxygens (including phenoxy) is 1. The van der Waals surface area contributed by atoms with Crippen LogP contribution in [0, 0.1) is 17.2 Å². The molecule has 0 aromatic heterocycles. The van der Waals surface area contributed by atoms with Crippen LogP contribution < -0.4 is 15.8 Å². The summed E-state index contributed by atoms with van der Waals surface area (Å²) in [6.07, 6.45) is 1.15. The van der Waals surface area contributed by atoms with Gasteiger partial charge < -0.3 is 15.8 Å². The summed E-state index contributed by atoms with van der Waals surface area (Å²) in [7, 11) is 0. The zero-order chi connectivity index (χ0) is 21.5. The van der Waals surface area contributed by atoms with Crippen molar-refractivity contribution in [2.75, 3.05) is 18.4 Å². The van der Waals surface area contributed by atoms with Gasteiger partial charge in [0.15, 0.2) is 6.10 Å². The van der Waals surface area contributed by atoms with Crippen molar-refractivity contribution in [3.63, 3.8) is 0 Å². The Morgan fingerprint density at radius 1 is 1.23 bits per heavy atom. The second-order valence-corrected chi connectivity index (χ2v) is 7.56. The summed E-state index contributed by atoms with van der Waals surface area (Å²) in [5.74, 6) is -0.0276. The van der Waals surface area contributed by atoms with Gasteiger partial charge in [0.05, 0.1) is 17.6 Å². The summed E-state index contributed by atoms with van der Waals surface area (Å²) in [6.45, 7) is 4.06. The highest BCUT2D eigenvalue weighted by atomic mass is 16.5. The van der Waals surface area contributed by atoms with Crippen molar-refractivity contribution in [1.29, 1.82) is 5.26 Å². The highest BCUT2D eigenvalue weighted by Crippen LogP contribution is 2.20. The van der Waals surface area contributed by atoms with E-state index in [9.17, 15) is 9.59 Å².